The molecule has 0 atom stereocenters. The molecule has 8 heteroatoms. The van der Waals surface area contributed by atoms with Crippen LogP contribution in [0.25, 0.3) is 0 Å². The molecule has 1 amide bonds. The standard InChI is InChI=1S/C11H15NO7/c1-4-17-6(13)5-12-8(14)7-9(15)18-11(2,3)19-10(7)16/h7H,4-5H2,1-3H3,(H,12,14). The average molecular weight is 273 g/mol. The normalized spacial score (nSPS) is 18.3. The molecular weight excluding hydrogens is 258 g/mol. The van der Waals surface area contributed by atoms with Gasteiger partial charge in [-0.3, -0.25) is 19.2 Å². The van der Waals surface area contributed by atoms with Gasteiger partial charge in [0.2, 0.25) is 11.8 Å². The molecule has 0 aromatic carbocycles. The summed E-state index contributed by atoms with van der Waals surface area (Å²) in [7, 11) is 0. The van der Waals surface area contributed by atoms with E-state index >= 15 is 0 Å². The Morgan fingerprint density at radius 3 is 2.26 bits per heavy atom. The minimum Gasteiger partial charge on any atom is -0.465 e. The van der Waals surface area contributed by atoms with Crippen molar-refractivity contribution in [2.24, 2.45) is 5.92 Å². The first-order valence-electron chi connectivity index (χ1n) is 5.66. The Morgan fingerprint density at radius 1 is 1.26 bits per heavy atom. The Bertz CT molecular complexity index is 395. The highest BCUT2D eigenvalue weighted by Gasteiger charge is 2.47. The molecule has 1 N–H and O–H groups in total. The highest BCUT2D eigenvalue weighted by atomic mass is 16.7. The predicted molar refractivity (Wildman–Crippen MR) is 59.4 cm³/mol. The Balaban J connectivity index is 2.60. The third-order valence-electron chi connectivity index (χ3n) is 2.14. The Hall–Kier alpha value is -2.12. The van der Waals surface area contributed by atoms with Crippen LogP contribution in [-0.4, -0.2) is 42.8 Å². The zero-order valence-corrected chi connectivity index (χ0v) is 10.8. The van der Waals surface area contributed by atoms with Crippen LogP contribution in [0.2, 0.25) is 0 Å². The monoisotopic (exact) mass is 273 g/mol. The third-order valence-corrected chi connectivity index (χ3v) is 2.14. The molecule has 0 saturated carbocycles. The number of carbonyl (C=O) groups is 4. The lowest BCUT2D eigenvalue weighted by Gasteiger charge is -2.32. The Kier molecular flexibility index (Phi) is 4.47. The van der Waals surface area contributed by atoms with Gasteiger partial charge in [0.1, 0.15) is 6.54 Å². The fourth-order valence-electron chi connectivity index (χ4n) is 1.41. The SMILES string of the molecule is CCOC(=O)CNC(=O)C1C(=O)OC(C)(C)OC1=O. The fraction of sp³-hybridized carbons (Fsp3) is 0.636. The van der Waals surface area contributed by atoms with Crippen LogP contribution in [0, 0.1) is 5.92 Å². The smallest absolute Gasteiger partial charge is 0.333 e. The van der Waals surface area contributed by atoms with Gasteiger partial charge in [0.25, 0.3) is 5.79 Å². The van der Waals surface area contributed by atoms with Crippen LogP contribution in [0.5, 0.6) is 0 Å². The summed E-state index contributed by atoms with van der Waals surface area (Å²) < 4.78 is 14.1. The molecule has 1 aliphatic heterocycles. The molecule has 0 spiro atoms. The Labute approximate surface area is 109 Å². The van der Waals surface area contributed by atoms with E-state index in [-0.39, 0.29) is 6.61 Å². The van der Waals surface area contributed by atoms with Crippen LogP contribution in [-0.2, 0) is 33.4 Å². The van der Waals surface area contributed by atoms with Crippen LogP contribution < -0.4 is 5.32 Å². The number of ether oxygens (including phenoxy) is 3. The van der Waals surface area contributed by atoms with Crippen molar-refractivity contribution in [2.75, 3.05) is 13.2 Å². The van der Waals surface area contributed by atoms with Gasteiger partial charge in [0.05, 0.1) is 6.61 Å². The first-order valence-corrected chi connectivity index (χ1v) is 5.66. The first kappa shape index (κ1) is 14.9. The number of amides is 1. The maximum Gasteiger partial charge on any atom is 0.333 e. The summed E-state index contributed by atoms with van der Waals surface area (Å²) in [5.41, 5.74) is 0. The molecule has 0 aromatic heterocycles. The van der Waals surface area contributed by atoms with Gasteiger partial charge in [-0.25, -0.2) is 0 Å². The quantitative estimate of drug-likeness (QED) is 0.523. The van der Waals surface area contributed by atoms with Crippen molar-refractivity contribution >= 4 is 23.8 Å². The number of carbonyl (C=O) groups excluding carboxylic acids is 4. The van der Waals surface area contributed by atoms with Gasteiger partial charge in [-0.1, -0.05) is 0 Å². The number of esters is 3. The summed E-state index contributed by atoms with van der Waals surface area (Å²) in [5.74, 6) is -6.77. The predicted octanol–water partition coefficient (Wildman–Crippen LogP) is -0.882. The minimum atomic E-state index is -1.72. The molecule has 1 aliphatic rings. The lowest BCUT2D eigenvalue weighted by atomic mass is 10.1. The summed E-state index contributed by atoms with van der Waals surface area (Å²) in [5, 5.41) is 2.11. The molecule has 1 fully saturated rings. The van der Waals surface area contributed by atoms with Crippen molar-refractivity contribution < 1.29 is 33.4 Å². The van der Waals surface area contributed by atoms with Crippen molar-refractivity contribution in [3.63, 3.8) is 0 Å². The van der Waals surface area contributed by atoms with Crippen molar-refractivity contribution in [1.29, 1.82) is 0 Å². The molecule has 1 saturated heterocycles. The van der Waals surface area contributed by atoms with E-state index in [9.17, 15) is 19.2 Å². The molecule has 8 nitrogen and oxygen atoms in total. The molecule has 1 rings (SSSR count). The number of hydrogen-bond donors (Lipinski definition) is 1. The van der Waals surface area contributed by atoms with Gasteiger partial charge in [0.15, 0.2) is 0 Å². The third kappa shape index (κ3) is 3.94. The second-order valence-electron chi connectivity index (χ2n) is 4.20. The van der Waals surface area contributed by atoms with Gasteiger partial charge >= 0.3 is 17.9 Å². The summed E-state index contributed by atoms with van der Waals surface area (Å²) in [6, 6.07) is 0. The van der Waals surface area contributed by atoms with Crippen LogP contribution in [0.15, 0.2) is 0 Å². The maximum atomic E-state index is 11.6. The van der Waals surface area contributed by atoms with Crippen molar-refractivity contribution in [3.05, 3.63) is 0 Å². The van der Waals surface area contributed by atoms with Gasteiger partial charge in [0, 0.05) is 13.8 Å². The Morgan fingerprint density at radius 2 is 1.79 bits per heavy atom. The molecule has 106 valence electrons. The molecule has 0 bridgehead atoms. The summed E-state index contributed by atoms with van der Waals surface area (Å²) in [6.07, 6.45) is 0. The lowest BCUT2D eigenvalue weighted by Crippen LogP contribution is -2.52. The molecule has 0 aliphatic carbocycles. The zero-order chi connectivity index (χ0) is 14.6. The molecule has 19 heavy (non-hydrogen) atoms. The zero-order valence-electron chi connectivity index (χ0n) is 10.8. The van der Waals surface area contributed by atoms with Crippen molar-refractivity contribution in [3.8, 4) is 0 Å². The van der Waals surface area contributed by atoms with Crippen LogP contribution >= 0.6 is 0 Å². The molecule has 0 aromatic rings. The van der Waals surface area contributed by atoms with E-state index in [1.54, 1.807) is 6.92 Å². The van der Waals surface area contributed by atoms with Crippen molar-refractivity contribution in [2.45, 2.75) is 26.6 Å². The van der Waals surface area contributed by atoms with E-state index in [2.05, 4.69) is 10.1 Å². The van der Waals surface area contributed by atoms with E-state index in [0.29, 0.717) is 0 Å². The molecular formula is C11H15NO7. The van der Waals surface area contributed by atoms with E-state index in [1.807, 2.05) is 0 Å². The van der Waals surface area contributed by atoms with E-state index in [1.165, 1.54) is 13.8 Å². The van der Waals surface area contributed by atoms with Crippen LogP contribution in [0.3, 0.4) is 0 Å². The highest BCUT2D eigenvalue weighted by molar-refractivity contribution is 6.15. The van der Waals surface area contributed by atoms with Crippen LogP contribution in [0.4, 0.5) is 0 Å². The minimum absolute atomic E-state index is 0.163. The molecule has 0 radical (unpaired) electrons. The maximum absolute atomic E-state index is 11.6. The number of hydrogen-bond acceptors (Lipinski definition) is 7. The van der Waals surface area contributed by atoms with Gasteiger partial charge in [-0.05, 0) is 6.92 Å². The van der Waals surface area contributed by atoms with E-state index in [0.717, 1.165) is 0 Å². The lowest BCUT2D eigenvalue weighted by molar-refractivity contribution is -0.238. The summed E-state index contributed by atoms with van der Waals surface area (Å²) in [6.45, 7) is 4.08. The highest BCUT2D eigenvalue weighted by Crippen LogP contribution is 2.22. The topological polar surface area (TPSA) is 108 Å². The summed E-state index contributed by atoms with van der Waals surface area (Å²) in [4.78, 5) is 45.7. The second kappa shape index (κ2) is 5.68. The van der Waals surface area contributed by atoms with E-state index in [4.69, 9.17) is 9.47 Å². The molecule has 1 heterocycles. The number of rotatable bonds is 4. The van der Waals surface area contributed by atoms with Crippen LogP contribution in [0.1, 0.15) is 20.8 Å². The largest absolute Gasteiger partial charge is 0.465 e. The number of nitrogens with one attached hydrogen (secondary N) is 1. The summed E-state index contributed by atoms with van der Waals surface area (Å²) >= 11 is 0. The van der Waals surface area contributed by atoms with Gasteiger partial charge < -0.3 is 19.5 Å². The van der Waals surface area contributed by atoms with E-state index < -0.39 is 42.1 Å². The first-order chi connectivity index (χ1) is 8.76. The molecule has 0 unspecified atom stereocenters. The second-order valence-corrected chi connectivity index (χ2v) is 4.20. The fourth-order valence-corrected chi connectivity index (χ4v) is 1.41. The van der Waals surface area contributed by atoms with Gasteiger partial charge in [-0.2, -0.15) is 0 Å². The average Bonchev–Trinajstić information content (AvgIpc) is 2.23. The van der Waals surface area contributed by atoms with Crippen molar-refractivity contribution in [1.82, 2.24) is 5.32 Å². The number of cyclic esters (lactones) is 2. The van der Waals surface area contributed by atoms with Gasteiger partial charge in [-0.15, -0.1) is 0 Å².